The third-order valence-electron chi connectivity index (χ3n) is 2.55. The maximum atomic E-state index is 12.9. The molecular weight excluding hydrogens is 254 g/mol. The zero-order chi connectivity index (χ0) is 13.8. The van der Waals surface area contributed by atoms with Crippen LogP contribution in [0.4, 0.5) is 8.78 Å². The molecule has 0 saturated heterocycles. The first-order valence-electron chi connectivity index (χ1n) is 5.35. The summed E-state index contributed by atoms with van der Waals surface area (Å²) >= 11 is 0. The summed E-state index contributed by atoms with van der Waals surface area (Å²) in [5, 5.41) is 2.73. The maximum absolute atomic E-state index is 12.9. The van der Waals surface area contributed by atoms with Crippen molar-refractivity contribution in [1.82, 2.24) is 4.98 Å². The first-order valence-corrected chi connectivity index (χ1v) is 5.35. The van der Waals surface area contributed by atoms with E-state index in [1.54, 1.807) is 0 Å². The fourth-order valence-electron chi connectivity index (χ4n) is 1.62. The molecule has 0 radical (unpaired) electrons. The number of aromatic nitrogens is 1. The topological polar surface area (TPSA) is 59.4 Å². The van der Waals surface area contributed by atoms with Gasteiger partial charge in [0.2, 0.25) is 5.95 Å². The number of pyridine rings is 1. The van der Waals surface area contributed by atoms with E-state index in [9.17, 15) is 18.5 Å². The van der Waals surface area contributed by atoms with E-state index in [0.717, 1.165) is 24.4 Å². The maximum Gasteiger partial charge on any atom is 0.213 e. The second-order valence-electron chi connectivity index (χ2n) is 3.79. The van der Waals surface area contributed by atoms with E-state index < -0.39 is 23.6 Å². The zero-order valence-corrected chi connectivity index (χ0v) is 9.59. The largest absolute Gasteiger partial charge is 0.291 e. The van der Waals surface area contributed by atoms with Gasteiger partial charge < -0.3 is 0 Å². The summed E-state index contributed by atoms with van der Waals surface area (Å²) in [6.07, 6.45) is 1.12. The number of Topliss-reactive ketones (excluding diaryl/α,β-unsaturated/α-hetero) is 1. The predicted molar refractivity (Wildman–Crippen MR) is 63.5 cm³/mol. The Morgan fingerprint density at radius 1 is 1.16 bits per heavy atom. The van der Waals surface area contributed by atoms with Crippen LogP contribution in [0.3, 0.4) is 0 Å². The van der Waals surface area contributed by atoms with E-state index in [0.29, 0.717) is 0 Å². The number of hydrogen-bond donors (Lipinski definition) is 0. The molecule has 96 valence electrons. The van der Waals surface area contributed by atoms with Crippen LogP contribution in [0.15, 0.2) is 47.8 Å². The summed E-state index contributed by atoms with van der Waals surface area (Å²) in [4.78, 5) is 26.2. The Morgan fingerprint density at radius 3 is 2.42 bits per heavy atom. The summed E-state index contributed by atoms with van der Waals surface area (Å²) in [5.74, 6) is -1.98. The van der Waals surface area contributed by atoms with Crippen LogP contribution in [0.1, 0.15) is 22.0 Å². The van der Waals surface area contributed by atoms with Crippen molar-refractivity contribution in [3.05, 3.63) is 70.4 Å². The SMILES string of the molecule is O=NC(C(=O)c1ccnc(F)c1)c1ccc(F)cc1. The van der Waals surface area contributed by atoms with Gasteiger partial charge in [-0.3, -0.25) is 4.79 Å². The van der Waals surface area contributed by atoms with Crippen LogP contribution in [0.2, 0.25) is 0 Å². The number of benzene rings is 1. The summed E-state index contributed by atoms with van der Waals surface area (Å²) in [6, 6.07) is 5.69. The molecule has 2 aromatic rings. The summed E-state index contributed by atoms with van der Waals surface area (Å²) < 4.78 is 25.7. The van der Waals surface area contributed by atoms with Crippen molar-refractivity contribution in [2.75, 3.05) is 0 Å². The molecule has 0 saturated carbocycles. The van der Waals surface area contributed by atoms with Gasteiger partial charge in [-0.2, -0.15) is 4.39 Å². The Kier molecular flexibility index (Phi) is 3.70. The van der Waals surface area contributed by atoms with Crippen molar-refractivity contribution in [3.63, 3.8) is 0 Å². The number of carbonyl (C=O) groups excluding carboxylic acids is 1. The number of carbonyl (C=O) groups is 1. The van der Waals surface area contributed by atoms with Crippen LogP contribution >= 0.6 is 0 Å². The highest BCUT2D eigenvalue weighted by Gasteiger charge is 2.23. The van der Waals surface area contributed by atoms with Gasteiger partial charge in [0.25, 0.3) is 0 Å². The minimum atomic E-state index is -1.33. The van der Waals surface area contributed by atoms with E-state index in [-0.39, 0.29) is 11.1 Å². The van der Waals surface area contributed by atoms with E-state index in [1.165, 1.54) is 18.2 Å². The molecule has 1 heterocycles. The van der Waals surface area contributed by atoms with Gasteiger partial charge in [0.1, 0.15) is 5.82 Å². The van der Waals surface area contributed by atoms with Gasteiger partial charge in [-0.25, -0.2) is 9.37 Å². The third-order valence-corrected chi connectivity index (χ3v) is 2.55. The normalized spacial score (nSPS) is 11.9. The molecule has 6 heteroatoms. The van der Waals surface area contributed by atoms with Gasteiger partial charge in [-0.05, 0) is 23.8 Å². The molecule has 0 aliphatic rings. The fourth-order valence-corrected chi connectivity index (χ4v) is 1.62. The molecule has 1 unspecified atom stereocenters. The van der Waals surface area contributed by atoms with E-state index in [1.807, 2.05) is 0 Å². The molecule has 1 atom stereocenters. The first-order chi connectivity index (χ1) is 9.11. The lowest BCUT2D eigenvalue weighted by molar-refractivity contribution is 0.0961. The lowest BCUT2D eigenvalue weighted by Gasteiger charge is -2.08. The minimum Gasteiger partial charge on any atom is -0.291 e. The molecule has 0 N–H and O–H groups in total. The first kappa shape index (κ1) is 12.9. The van der Waals surface area contributed by atoms with E-state index in [4.69, 9.17) is 0 Å². The highest BCUT2D eigenvalue weighted by Crippen LogP contribution is 2.22. The molecular formula is C13H8F2N2O2. The van der Waals surface area contributed by atoms with Crippen molar-refractivity contribution in [2.45, 2.75) is 6.04 Å². The molecule has 1 aromatic heterocycles. The quantitative estimate of drug-likeness (QED) is 0.483. The number of nitroso groups, excluding NO2 is 1. The predicted octanol–water partition coefficient (Wildman–Crippen LogP) is 3.05. The Hall–Kier alpha value is -2.50. The van der Waals surface area contributed by atoms with Crippen LogP contribution in [0.25, 0.3) is 0 Å². The molecule has 0 amide bonds. The molecule has 0 aliphatic heterocycles. The van der Waals surface area contributed by atoms with Crippen LogP contribution in [0, 0.1) is 16.7 Å². The summed E-state index contributed by atoms with van der Waals surface area (Å²) in [7, 11) is 0. The van der Waals surface area contributed by atoms with E-state index in [2.05, 4.69) is 10.2 Å². The molecule has 1 aromatic carbocycles. The van der Waals surface area contributed by atoms with Crippen molar-refractivity contribution < 1.29 is 13.6 Å². The lowest BCUT2D eigenvalue weighted by atomic mass is 9.99. The van der Waals surface area contributed by atoms with Crippen LogP contribution in [0.5, 0.6) is 0 Å². The molecule has 0 aliphatic carbocycles. The van der Waals surface area contributed by atoms with Crippen LogP contribution in [-0.2, 0) is 0 Å². The zero-order valence-electron chi connectivity index (χ0n) is 9.59. The average molecular weight is 262 g/mol. The van der Waals surface area contributed by atoms with Crippen molar-refractivity contribution >= 4 is 5.78 Å². The molecule has 0 spiro atoms. The number of halogens is 2. The van der Waals surface area contributed by atoms with Gasteiger partial charge in [0.05, 0.1) is 0 Å². The molecule has 0 bridgehead atoms. The Morgan fingerprint density at radius 2 is 1.84 bits per heavy atom. The number of nitrogens with zero attached hydrogens (tertiary/aromatic N) is 2. The van der Waals surface area contributed by atoms with Crippen molar-refractivity contribution in [1.29, 1.82) is 0 Å². The number of rotatable bonds is 4. The second kappa shape index (κ2) is 5.43. The van der Waals surface area contributed by atoms with Gasteiger partial charge >= 0.3 is 0 Å². The lowest BCUT2D eigenvalue weighted by Crippen LogP contribution is -2.11. The fraction of sp³-hybridized carbons (Fsp3) is 0.0769. The standard InChI is InChI=1S/C13H8F2N2O2/c14-10-3-1-8(2-4-10)12(17-19)13(18)9-5-6-16-11(15)7-9/h1-7,12H. The molecule has 0 fully saturated rings. The second-order valence-corrected chi connectivity index (χ2v) is 3.79. The Balaban J connectivity index is 2.34. The van der Waals surface area contributed by atoms with Gasteiger partial charge in [0.15, 0.2) is 11.8 Å². The number of ketones is 1. The summed E-state index contributed by atoms with van der Waals surface area (Å²) in [6.45, 7) is 0. The Bertz CT molecular complexity index is 614. The Labute approximate surface area is 107 Å². The highest BCUT2D eigenvalue weighted by molar-refractivity contribution is 6.00. The van der Waals surface area contributed by atoms with Gasteiger partial charge in [0, 0.05) is 17.8 Å². The van der Waals surface area contributed by atoms with Crippen LogP contribution in [-0.4, -0.2) is 10.8 Å². The molecule has 19 heavy (non-hydrogen) atoms. The molecule has 4 nitrogen and oxygen atoms in total. The van der Waals surface area contributed by atoms with Gasteiger partial charge in [-0.1, -0.05) is 17.3 Å². The van der Waals surface area contributed by atoms with Crippen molar-refractivity contribution in [2.24, 2.45) is 5.18 Å². The van der Waals surface area contributed by atoms with E-state index >= 15 is 0 Å². The monoisotopic (exact) mass is 262 g/mol. The number of hydrogen-bond acceptors (Lipinski definition) is 4. The van der Waals surface area contributed by atoms with Crippen molar-refractivity contribution in [3.8, 4) is 0 Å². The third kappa shape index (κ3) is 2.85. The average Bonchev–Trinajstić information content (AvgIpc) is 2.41. The van der Waals surface area contributed by atoms with Gasteiger partial charge in [-0.15, -0.1) is 4.91 Å². The minimum absolute atomic E-state index is 0.0126. The highest BCUT2D eigenvalue weighted by atomic mass is 19.1. The molecule has 2 rings (SSSR count). The smallest absolute Gasteiger partial charge is 0.213 e. The van der Waals surface area contributed by atoms with Crippen LogP contribution < -0.4 is 0 Å². The summed E-state index contributed by atoms with van der Waals surface area (Å²) in [5.41, 5.74) is 0.236.